The highest BCUT2D eigenvalue weighted by atomic mass is 16.5. The first-order valence-corrected chi connectivity index (χ1v) is 6.79. The van der Waals surface area contributed by atoms with Crippen LogP contribution in [0, 0.1) is 0 Å². The SMILES string of the molecule is CCC[C@H](C(=O)O)c1ccc(COC(C)(C)C)cc1. The van der Waals surface area contributed by atoms with Gasteiger partial charge in [-0.15, -0.1) is 0 Å². The van der Waals surface area contributed by atoms with E-state index in [-0.39, 0.29) is 5.60 Å². The number of hydrogen-bond donors (Lipinski definition) is 1. The Morgan fingerprint density at radius 2 is 1.84 bits per heavy atom. The monoisotopic (exact) mass is 264 g/mol. The summed E-state index contributed by atoms with van der Waals surface area (Å²) < 4.78 is 5.69. The Labute approximate surface area is 115 Å². The van der Waals surface area contributed by atoms with Gasteiger partial charge in [-0.2, -0.15) is 0 Å². The summed E-state index contributed by atoms with van der Waals surface area (Å²) in [6.07, 6.45) is 1.54. The summed E-state index contributed by atoms with van der Waals surface area (Å²) in [5.41, 5.74) is 1.78. The lowest BCUT2D eigenvalue weighted by Crippen LogP contribution is -2.18. The van der Waals surface area contributed by atoms with Crippen LogP contribution in [0.3, 0.4) is 0 Å². The number of hydrogen-bond acceptors (Lipinski definition) is 2. The minimum Gasteiger partial charge on any atom is -0.481 e. The number of ether oxygens (including phenoxy) is 1. The lowest BCUT2D eigenvalue weighted by Gasteiger charge is -2.19. The maximum Gasteiger partial charge on any atom is 0.310 e. The molecule has 1 rings (SSSR count). The van der Waals surface area contributed by atoms with E-state index in [9.17, 15) is 9.90 Å². The third kappa shape index (κ3) is 5.43. The van der Waals surface area contributed by atoms with Gasteiger partial charge in [0.1, 0.15) is 0 Å². The van der Waals surface area contributed by atoms with Gasteiger partial charge in [-0.25, -0.2) is 0 Å². The van der Waals surface area contributed by atoms with Crippen molar-refractivity contribution in [2.24, 2.45) is 0 Å². The molecule has 0 saturated carbocycles. The normalized spacial score (nSPS) is 13.3. The molecule has 0 aliphatic heterocycles. The average molecular weight is 264 g/mol. The van der Waals surface area contributed by atoms with Gasteiger partial charge in [0, 0.05) is 0 Å². The molecule has 1 atom stereocenters. The van der Waals surface area contributed by atoms with E-state index >= 15 is 0 Å². The van der Waals surface area contributed by atoms with Gasteiger partial charge in [-0.3, -0.25) is 4.79 Å². The molecule has 3 heteroatoms. The van der Waals surface area contributed by atoms with Crippen LogP contribution in [0.5, 0.6) is 0 Å². The quantitative estimate of drug-likeness (QED) is 0.845. The van der Waals surface area contributed by atoms with Crippen LogP contribution < -0.4 is 0 Å². The summed E-state index contributed by atoms with van der Waals surface area (Å²) in [5.74, 6) is -1.15. The maximum atomic E-state index is 11.2. The lowest BCUT2D eigenvalue weighted by atomic mass is 9.94. The van der Waals surface area contributed by atoms with Gasteiger partial charge in [0.2, 0.25) is 0 Å². The molecule has 0 unspecified atom stereocenters. The summed E-state index contributed by atoms with van der Waals surface area (Å²) in [6.45, 7) is 8.60. The highest BCUT2D eigenvalue weighted by Crippen LogP contribution is 2.22. The molecular weight excluding hydrogens is 240 g/mol. The van der Waals surface area contributed by atoms with Crippen molar-refractivity contribution < 1.29 is 14.6 Å². The van der Waals surface area contributed by atoms with Crippen molar-refractivity contribution in [3.63, 3.8) is 0 Å². The van der Waals surface area contributed by atoms with Crippen molar-refractivity contribution in [3.8, 4) is 0 Å². The number of aliphatic carboxylic acids is 1. The topological polar surface area (TPSA) is 46.5 Å². The molecular formula is C16H24O3. The number of carbonyl (C=O) groups is 1. The van der Waals surface area contributed by atoms with Gasteiger partial charge in [0.25, 0.3) is 0 Å². The minimum absolute atomic E-state index is 0.162. The third-order valence-electron chi connectivity index (χ3n) is 2.93. The van der Waals surface area contributed by atoms with Crippen LogP contribution in [0.2, 0.25) is 0 Å². The Morgan fingerprint density at radius 1 is 1.26 bits per heavy atom. The Bertz CT molecular complexity index is 401. The molecule has 106 valence electrons. The third-order valence-corrected chi connectivity index (χ3v) is 2.93. The molecule has 0 amide bonds. The Hall–Kier alpha value is -1.35. The highest BCUT2D eigenvalue weighted by molar-refractivity contribution is 5.76. The van der Waals surface area contributed by atoms with Gasteiger partial charge < -0.3 is 9.84 Å². The van der Waals surface area contributed by atoms with Gasteiger partial charge in [-0.05, 0) is 38.3 Å². The number of carboxylic acid groups (broad SMARTS) is 1. The summed E-state index contributed by atoms with van der Waals surface area (Å²) in [4.78, 5) is 11.2. The molecule has 0 aliphatic rings. The van der Waals surface area contributed by atoms with Crippen molar-refractivity contribution in [1.82, 2.24) is 0 Å². The van der Waals surface area contributed by atoms with Crippen LogP contribution in [0.25, 0.3) is 0 Å². The fourth-order valence-corrected chi connectivity index (χ4v) is 1.87. The standard InChI is InChI=1S/C16H24O3/c1-5-6-14(15(17)18)13-9-7-12(8-10-13)11-19-16(2,3)4/h7-10,14H,5-6,11H2,1-4H3,(H,17,18)/t14-/m0/s1. The summed E-state index contributed by atoms with van der Waals surface area (Å²) >= 11 is 0. The zero-order valence-corrected chi connectivity index (χ0v) is 12.3. The smallest absolute Gasteiger partial charge is 0.310 e. The second kappa shape index (κ2) is 6.71. The fourth-order valence-electron chi connectivity index (χ4n) is 1.87. The van der Waals surface area contributed by atoms with Crippen molar-refractivity contribution >= 4 is 5.97 Å². The zero-order valence-electron chi connectivity index (χ0n) is 12.3. The Kier molecular flexibility index (Phi) is 5.55. The molecule has 1 aromatic rings. The van der Waals surface area contributed by atoms with E-state index in [2.05, 4.69) is 0 Å². The van der Waals surface area contributed by atoms with Gasteiger partial charge >= 0.3 is 5.97 Å². The van der Waals surface area contributed by atoms with Crippen molar-refractivity contribution in [1.29, 1.82) is 0 Å². The van der Waals surface area contributed by atoms with Gasteiger partial charge in [-0.1, -0.05) is 37.6 Å². The van der Waals surface area contributed by atoms with E-state index in [4.69, 9.17) is 4.74 Å². The van der Waals surface area contributed by atoms with E-state index < -0.39 is 11.9 Å². The molecule has 0 radical (unpaired) electrons. The summed E-state index contributed by atoms with van der Waals surface area (Å²) in [5, 5.41) is 9.21. The molecule has 0 saturated heterocycles. The number of benzene rings is 1. The molecule has 0 bridgehead atoms. The lowest BCUT2D eigenvalue weighted by molar-refractivity contribution is -0.139. The molecule has 0 spiro atoms. The molecule has 0 heterocycles. The van der Waals surface area contributed by atoms with Crippen molar-refractivity contribution in [2.75, 3.05) is 0 Å². The van der Waals surface area contributed by atoms with Crippen LogP contribution in [0.15, 0.2) is 24.3 Å². The van der Waals surface area contributed by atoms with Crippen LogP contribution >= 0.6 is 0 Å². The molecule has 1 aromatic carbocycles. The Balaban J connectivity index is 2.72. The van der Waals surface area contributed by atoms with Crippen molar-refractivity contribution in [3.05, 3.63) is 35.4 Å². The number of carboxylic acids is 1. The minimum atomic E-state index is -0.749. The Morgan fingerprint density at radius 3 is 2.26 bits per heavy atom. The largest absolute Gasteiger partial charge is 0.481 e. The van der Waals surface area contributed by atoms with E-state index in [1.165, 1.54) is 0 Å². The van der Waals surface area contributed by atoms with E-state index in [0.29, 0.717) is 13.0 Å². The first-order valence-electron chi connectivity index (χ1n) is 6.79. The predicted octanol–water partition coefficient (Wildman–Crippen LogP) is 3.97. The van der Waals surface area contributed by atoms with E-state index in [1.807, 2.05) is 52.0 Å². The van der Waals surface area contributed by atoms with Crippen LogP contribution in [0.4, 0.5) is 0 Å². The summed E-state index contributed by atoms with van der Waals surface area (Å²) in [7, 11) is 0. The van der Waals surface area contributed by atoms with Gasteiger partial charge in [0.15, 0.2) is 0 Å². The molecule has 19 heavy (non-hydrogen) atoms. The predicted molar refractivity (Wildman–Crippen MR) is 76.3 cm³/mol. The second-order valence-corrected chi connectivity index (χ2v) is 5.82. The van der Waals surface area contributed by atoms with Crippen LogP contribution in [-0.4, -0.2) is 16.7 Å². The maximum absolute atomic E-state index is 11.2. The molecule has 1 N–H and O–H groups in total. The first-order chi connectivity index (χ1) is 8.83. The van der Waals surface area contributed by atoms with Gasteiger partial charge in [0.05, 0.1) is 18.1 Å². The van der Waals surface area contributed by atoms with E-state index in [0.717, 1.165) is 17.5 Å². The van der Waals surface area contributed by atoms with Crippen LogP contribution in [0.1, 0.15) is 57.6 Å². The van der Waals surface area contributed by atoms with Crippen molar-refractivity contribution in [2.45, 2.75) is 58.7 Å². The highest BCUT2D eigenvalue weighted by Gasteiger charge is 2.18. The first kappa shape index (κ1) is 15.7. The fraction of sp³-hybridized carbons (Fsp3) is 0.562. The second-order valence-electron chi connectivity index (χ2n) is 5.82. The van der Waals surface area contributed by atoms with Crippen LogP contribution in [-0.2, 0) is 16.1 Å². The molecule has 0 aliphatic carbocycles. The zero-order chi connectivity index (χ0) is 14.5. The molecule has 3 nitrogen and oxygen atoms in total. The molecule has 0 fully saturated rings. The average Bonchev–Trinajstić information content (AvgIpc) is 2.33. The molecule has 0 aromatic heterocycles. The number of rotatable bonds is 6. The summed E-state index contributed by atoms with van der Waals surface area (Å²) in [6, 6.07) is 7.70. The van der Waals surface area contributed by atoms with E-state index in [1.54, 1.807) is 0 Å².